The topological polar surface area (TPSA) is 79.6 Å². The molecule has 1 saturated heterocycles. The molecule has 6 heteroatoms. The lowest BCUT2D eigenvalue weighted by Gasteiger charge is -2.15. The highest BCUT2D eigenvalue weighted by Crippen LogP contribution is 2.22. The van der Waals surface area contributed by atoms with Gasteiger partial charge in [-0.3, -0.25) is 9.59 Å². The van der Waals surface area contributed by atoms with E-state index in [2.05, 4.69) is 5.32 Å². The summed E-state index contributed by atoms with van der Waals surface area (Å²) < 4.78 is 5.07. The standard InChI is InChI=1S/C22H18N2O4/c25-20(23-17-7-10-19-16(14-17)6-12-22(27)28-19)11-5-15-3-8-18(9-4-15)24-13-1-2-21(24)26/h3-12,14H,1-2,13H2,(H,23,25)/b11-5+. The minimum Gasteiger partial charge on any atom is -0.423 e. The zero-order valence-electron chi connectivity index (χ0n) is 15.1. The summed E-state index contributed by atoms with van der Waals surface area (Å²) in [5.41, 5.74) is 2.42. The lowest BCUT2D eigenvalue weighted by molar-refractivity contribution is -0.117. The van der Waals surface area contributed by atoms with Crippen LogP contribution in [0.2, 0.25) is 0 Å². The van der Waals surface area contributed by atoms with E-state index in [1.54, 1.807) is 35.2 Å². The van der Waals surface area contributed by atoms with Gasteiger partial charge in [0.2, 0.25) is 11.8 Å². The predicted molar refractivity (Wildman–Crippen MR) is 108 cm³/mol. The molecule has 0 aliphatic carbocycles. The van der Waals surface area contributed by atoms with Crippen LogP contribution < -0.4 is 15.8 Å². The second-order valence-electron chi connectivity index (χ2n) is 6.57. The van der Waals surface area contributed by atoms with Crippen LogP contribution >= 0.6 is 0 Å². The van der Waals surface area contributed by atoms with E-state index in [1.165, 1.54) is 12.1 Å². The van der Waals surface area contributed by atoms with E-state index >= 15 is 0 Å². The summed E-state index contributed by atoms with van der Waals surface area (Å²) in [5.74, 6) is -0.118. The minimum atomic E-state index is -0.410. The molecule has 0 bridgehead atoms. The first kappa shape index (κ1) is 17.7. The van der Waals surface area contributed by atoms with Gasteiger partial charge in [-0.2, -0.15) is 0 Å². The second kappa shape index (κ2) is 7.52. The summed E-state index contributed by atoms with van der Waals surface area (Å²) in [4.78, 5) is 36.9. The Balaban J connectivity index is 1.41. The number of hydrogen-bond donors (Lipinski definition) is 1. The number of carbonyl (C=O) groups is 2. The van der Waals surface area contributed by atoms with E-state index in [0.29, 0.717) is 17.7 Å². The largest absolute Gasteiger partial charge is 0.423 e. The monoisotopic (exact) mass is 374 g/mol. The molecule has 0 unspecified atom stereocenters. The molecule has 0 spiro atoms. The molecule has 2 heterocycles. The van der Waals surface area contributed by atoms with E-state index in [1.807, 2.05) is 24.3 Å². The number of nitrogens with zero attached hydrogens (tertiary/aromatic N) is 1. The number of anilines is 2. The zero-order chi connectivity index (χ0) is 19.5. The first-order valence-electron chi connectivity index (χ1n) is 9.02. The Bertz CT molecular complexity index is 1130. The van der Waals surface area contributed by atoms with E-state index in [0.717, 1.165) is 29.6 Å². The molecule has 1 aliphatic rings. The van der Waals surface area contributed by atoms with Crippen molar-refractivity contribution in [1.82, 2.24) is 0 Å². The fraction of sp³-hybridized carbons (Fsp3) is 0.136. The molecule has 6 nitrogen and oxygen atoms in total. The quantitative estimate of drug-likeness (QED) is 0.559. The van der Waals surface area contributed by atoms with Crippen LogP contribution in [0.25, 0.3) is 17.0 Å². The molecule has 0 radical (unpaired) electrons. The average molecular weight is 374 g/mol. The molecule has 0 saturated carbocycles. The third kappa shape index (κ3) is 3.86. The van der Waals surface area contributed by atoms with Gasteiger partial charge in [0.05, 0.1) is 0 Å². The molecular formula is C22H18N2O4. The first-order valence-corrected chi connectivity index (χ1v) is 9.02. The van der Waals surface area contributed by atoms with Crippen LogP contribution in [0.3, 0.4) is 0 Å². The molecule has 1 N–H and O–H groups in total. The van der Waals surface area contributed by atoms with Gasteiger partial charge in [-0.25, -0.2) is 4.79 Å². The molecule has 1 fully saturated rings. The fourth-order valence-electron chi connectivity index (χ4n) is 3.19. The molecule has 140 valence electrons. The number of amides is 2. The summed E-state index contributed by atoms with van der Waals surface area (Å²) in [6, 6.07) is 15.6. The fourth-order valence-corrected chi connectivity index (χ4v) is 3.19. The highest BCUT2D eigenvalue weighted by molar-refractivity contribution is 6.03. The van der Waals surface area contributed by atoms with Crippen LogP contribution in [0.15, 0.2) is 69.9 Å². The third-order valence-corrected chi connectivity index (χ3v) is 4.59. The van der Waals surface area contributed by atoms with E-state index in [4.69, 9.17) is 4.42 Å². The highest BCUT2D eigenvalue weighted by Gasteiger charge is 2.21. The predicted octanol–water partition coefficient (Wildman–Crippen LogP) is 3.57. The summed E-state index contributed by atoms with van der Waals surface area (Å²) in [7, 11) is 0. The van der Waals surface area contributed by atoms with Crippen molar-refractivity contribution < 1.29 is 14.0 Å². The molecule has 4 rings (SSSR count). The number of hydrogen-bond acceptors (Lipinski definition) is 4. The van der Waals surface area contributed by atoms with Crippen LogP contribution in [-0.4, -0.2) is 18.4 Å². The van der Waals surface area contributed by atoms with Crippen molar-refractivity contribution in [1.29, 1.82) is 0 Å². The van der Waals surface area contributed by atoms with Gasteiger partial charge >= 0.3 is 5.63 Å². The maximum Gasteiger partial charge on any atom is 0.336 e. The van der Waals surface area contributed by atoms with E-state index in [9.17, 15) is 14.4 Å². The van der Waals surface area contributed by atoms with Crippen molar-refractivity contribution in [2.75, 3.05) is 16.8 Å². The maximum atomic E-state index is 12.2. The molecule has 2 aromatic carbocycles. The van der Waals surface area contributed by atoms with Crippen LogP contribution in [0.1, 0.15) is 18.4 Å². The maximum absolute atomic E-state index is 12.2. The Morgan fingerprint density at radius 1 is 1.04 bits per heavy atom. The third-order valence-electron chi connectivity index (χ3n) is 4.59. The normalized spacial score (nSPS) is 14.1. The van der Waals surface area contributed by atoms with Crippen LogP contribution in [0, 0.1) is 0 Å². The van der Waals surface area contributed by atoms with Gasteiger partial charge in [-0.05, 0) is 54.5 Å². The summed E-state index contributed by atoms with van der Waals surface area (Å²) in [6.07, 6.45) is 4.65. The van der Waals surface area contributed by atoms with E-state index in [-0.39, 0.29) is 11.8 Å². The molecule has 1 aromatic heterocycles. The SMILES string of the molecule is O=C(/C=C/c1ccc(N2CCCC2=O)cc1)Nc1ccc2oc(=O)ccc2c1. The van der Waals surface area contributed by atoms with Crippen molar-refractivity contribution in [3.05, 3.63) is 76.7 Å². The second-order valence-corrected chi connectivity index (χ2v) is 6.57. The van der Waals surface area contributed by atoms with Crippen LogP contribution in [-0.2, 0) is 9.59 Å². The van der Waals surface area contributed by atoms with Gasteiger partial charge in [0.15, 0.2) is 0 Å². The Morgan fingerprint density at radius 2 is 1.86 bits per heavy atom. The van der Waals surface area contributed by atoms with Gasteiger partial charge in [0.25, 0.3) is 0 Å². The summed E-state index contributed by atoms with van der Waals surface area (Å²) in [5, 5.41) is 3.51. The molecule has 1 aliphatic heterocycles. The minimum absolute atomic E-state index is 0.150. The Labute approximate surface area is 161 Å². The van der Waals surface area contributed by atoms with Gasteiger partial charge in [0, 0.05) is 41.9 Å². The molecule has 3 aromatic rings. The van der Waals surface area contributed by atoms with Crippen molar-refractivity contribution in [2.45, 2.75) is 12.8 Å². The summed E-state index contributed by atoms with van der Waals surface area (Å²) in [6.45, 7) is 0.756. The Morgan fingerprint density at radius 3 is 2.61 bits per heavy atom. The smallest absolute Gasteiger partial charge is 0.336 e. The highest BCUT2D eigenvalue weighted by atomic mass is 16.4. The molecule has 2 amide bonds. The average Bonchev–Trinajstić information content (AvgIpc) is 3.13. The molecular weight excluding hydrogens is 356 g/mol. The number of nitrogens with one attached hydrogen (secondary N) is 1. The first-order chi connectivity index (χ1) is 13.6. The number of rotatable bonds is 4. The van der Waals surface area contributed by atoms with Gasteiger partial charge in [-0.15, -0.1) is 0 Å². The lowest BCUT2D eigenvalue weighted by Crippen LogP contribution is -2.23. The van der Waals surface area contributed by atoms with Crippen molar-refractivity contribution in [3.8, 4) is 0 Å². The Kier molecular flexibility index (Phi) is 4.76. The van der Waals surface area contributed by atoms with Crippen molar-refractivity contribution in [2.24, 2.45) is 0 Å². The van der Waals surface area contributed by atoms with Crippen molar-refractivity contribution in [3.63, 3.8) is 0 Å². The zero-order valence-corrected chi connectivity index (χ0v) is 15.1. The number of fused-ring (bicyclic) bond motifs is 1. The van der Waals surface area contributed by atoms with Crippen LogP contribution in [0.5, 0.6) is 0 Å². The molecule has 0 atom stereocenters. The van der Waals surface area contributed by atoms with Gasteiger partial charge in [-0.1, -0.05) is 12.1 Å². The molecule has 28 heavy (non-hydrogen) atoms. The Hall–Kier alpha value is -3.67. The number of carbonyl (C=O) groups excluding carboxylic acids is 2. The number of benzene rings is 2. The summed E-state index contributed by atoms with van der Waals surface area (Å²) >= 11 is 0. The van der Waals surface area contributed by atoms with Crippen LogP contribution in [0.4, 0.5) is 11.4 Å². The van der Waals surface area contributed by atoms with Crippen molar-refractivity contribution >= 4 is 40.2 Å². The van der Waals surface area contributed by atoms with Gasteiger partial charge in [0.1, 0.15) is 5.58 Å². The van der Waals surface area contributed by atoms with Gasteiger partial charge < -0.3 is 14.6 Å². The lowest BCUT2D eigenvalue weighted by atomic mass is 10.2. The van der Waals surface area contributed by atoms with E-state index < -0.39 is 5.63 Å².